The van der Waals surface area contributed by atoms with Gasteiger partial charge in [-0.3, -0.25) is 15.0 Å². The van der Waals surface area contributed by atoms with Crippen molar-refractivity contribution >= 4 is 35.6 Å². The number of carbonyl (C=O) groups is 1. The largest absolute Gasteiger partial charge is 0.444 e. The molecule has 2 N–H and O–H groups in total. The van der Waals surface area contributed by atoms with E-state index in [9.17, 15) is 4.79 Å². The van der Waals surface area contributed by atoms with Gasteiger partial charge in [0.1, 0.15) is 5.60 Å². The van der Waals surface area contributed by atoms with Crippen LogP contribution in [0.15, 0.2) is 101 Å². The van der Waals surface area contributed by atoms with E-state index in [-0.39, 0.29) is 5.96 Å². The normalized spacial score (nSPS) is 11.7. The molecule has 0 aliphatic carbocycles. The van der Waals surface area contributed by atoms with Crippen LogP contribution in [0.5, 0.6) is 0 Å². The van der Waals surface area contributed by atoms with Crippen molar-refractivity contribution in [2.75, 3.05) is 0 Å². The number of pyridine rings is 1. The molecule has 3 aromatic carbocycles. The minimum atomic E-state index is -0.633. The number of guanidine groups is 1. The number of aryl methyl sites for hydroxylation is 1. The summed E-state index contributed by atoms with van der Waals surface area (Å²) in [6.07, 6.45) is 1.22. The number of aromatic nitrogens is 1. The van der Waals surface area contributed by atoms with Crippen molar-refractivity contribution in [1.82, 2.24) is 15.0 Å². The van der Waals surface area contributed by atoms with Crippen molar-refractivity contribution < 1.29 is 9.53 Å². The van der Waals surface area contributed by atoms with Gasteiger partial charge in [0.05, 0.1) is 12.2 Å². The highest BCUT2D eigenvalue weighted by Crippen LogP contribution is 2.32. The van der Waals surface area contributed by atoms with Crippen LogP contribution in [0.1, 0.15) is 31.9 Å². The predicted octanol–water partition coefficient (Wildman–Crippen LogP) is 8.06. The molecule has 0 bridgehead atoms. The Morgan fingerprint density at radius 1 is 0.974 bits per heavy atom. The summed E-state index contributed by atoms with van der Waals surface area (Å²) in [6.45, 7) is 7.80. The lowest BCUT2D eigenvalue weighted by Gasteiger charge is -2.20. The third-order valence-corrected chi connectivity index (χ3v) is 6.53. The molecule has 8 heteroatoms. The molecule has 39 heavy (non-hydrogen) atoms. The van der Waals surface area contributed by atoms with E-state index in [1.54, 1.807) is 6.20 Å². The van der Waals surface area contributed by atoms with Crippen LogP contribution in [-0.4, -0.2) is 22.6 Å². The number of amides is 1. The summed E-state index contributed by atoms with van der Waals surface area (Å²) >= 11 is 7.47. The van der Waals surface area contributed by atoms with Crippen molar-refractivity contribution in [3.8, 4) is 22.4 Å². The second kappa shape index (κ2) is 12.8. The number of rotatable bonds is 6. The average molecular weight is 559 g/mol. The summed E-state index contributed by atoms with van der Waals surface area (Å²) in [4.78, 5) is 22.9. The van der Waals surface area contributed by atoms with Crippen LogP contribution in [-0.2, 0) is 11.3 Å². The van der Waals surface area contributed by atoms with E-state index in [0.29, 0.717) is 11.6 Å². The zero-order valence-corrected chi connectivity index (χ0v) is 23.9. The average Bonchev–Trinajstić information content (AvgIpc) is 2.90. The smallest absolute Gasteiger partial charge is 0.414 e. The molecule has 1 heterocycles. The molecule has 200 valence electrons. The van der Waals surface area contributed by atoms with Crippen LogP contribution in [0, 0.1) is 6.92 Å². The van der Waals surface area contributed by atoms with Crippen LogP contribution in [0.25, 0.3) is 22.4 Å². The van der Waals surface area contributed by atoms with Gasteiger partial charge in [-0.1, -0.05) is 71.8 Å². The van der Waals surface area contributed by atoms with Crippen LogP contribution in [0.4, 0.5) is 4.79 Å². The molecule has 1 amide bonds. The number of nitrogens with zero attached hydrogens (tertiary/aromatic N) is 2. The van der Waals surface area contributed by atoms with E-state index in [4.69, 9.17) is 21.3 Å². The SMILES string of the molecule is Cc1ccc(-c2cc(CN=C(NSc3ccccc3)NC(=O)OC(C)(C)C)cnc2-c2ccc(Cl)cc2)cc1. The fraction of sp³-hybridized carbons (Fsp3) is 0.194. The first-order valence-electron chi connectivity index (χ1n) is 12.5. The highest BCUT2D eigenvalue weighted by atomic mass is 35.5. The molecule has 0 radical (unpaired) electrons. The van der Waals surface area contributed by atoms with Gasteiger partial charge in [-0.15, -0.1) is 0 Å². The van der Waals surface area contributed by atoms with E-state index in [1.165, 1.54) is 17.5 Å². The first-order valence-corrected chi connectivity index (χ1v) is 13.7. The highest BCUT2D eigenvalue weighted by Gasteiger charge is 2.18. The molecule has 0 unspecified atom stereocenters. The molecular weight excluding hydrogens is 528 g/mol. The van der Waals surface area contributed by atoms with Gasteiger partial charge in [0.25, 0.3) is 0 Å². The molecule has 4 aromatic rings. The molecule has 0 spiro atoms. The Bertz CT molecular complexity index is 1430. The molecule has 0 atom stereocenters. The van der Waals surface area contributed by atoms with Gasteiger partial charge in [-0.25, -0.2) is 9.79 Å². The maximum absolute atomic E-state index is 12.5. The molecule has 0 fully saturated rings. The Morgan fingerprint density at radius 2 is 1.64 bits per heavy atom. The first-order chi connectivity index (χ1) is 18.7. The lowest BCUT2D eigenvalue weighted by atomic mass is 9.97. The Balaban J connectivity index is 1.63. The summed E-state index contributed by atoms with van der Waals surface area (Å²) in [7, 11) is 0. The van der Waals surface area contributed by atoms with Crippen molar-refractivity contribution in [3.63, 3.8) is 0 Å². The summed E-state index contributed by atoms with van der Waals surface area (Å²) in [5.41, 5.74) is 5.29. The number of hydrogen-bond acceptors (Lipinski definition) is 5. The third-order valence-electron chi connectivity index (χ3n) is 5.47. The Hall–Kier alpha value is -3.81. The van der Waals surface area contributed by atoms with E-state index in [1.807, 2.05) is 75.4 Å². The topological polar surface area (TPSA) is 75.6 Å². The second-order valence-corrected chi connectivity index (χ2v) is 11.2. The van der Waals surface area contributed by atoms with Crippen molar-refractivity contribution in [3.05, 3.63) is 107 Å². The Kier molecular flexibility index (Phi) is 9.28. The second-order valence-electron chi connectivity index (χ2n) is 9.92. The van der Waals surface area contributed by atoms with Gasteiger partial charge in [0.15, 0.2) is 0 Å². The number of hydrogen-bond donors (Lipinski definition) is 2. The van der Waals surface area contributed by atoms with Crippen LogP contribution < -0.4 is 10.0 Å². The fourth-order valence-corrected chi connectivity index (χ4v) is 4.40. The van der Waals surface area contributed by atoms with Gasteiger partial charge in [-0.2, -0.15) is 0 Å². The minimum Gasteiger partial charge on any atom is -0.444 e. The minimum absolute atomic E-state index is 0.289. The standard InChI is InChI=1S/C31H31ClN4O2S/c1-21-10-12-23(13-11-21)27-18-22(19-33-28(27)24-14-16-25(32)17-15-24)20-34-29(35-30(37)38-31(2,3)4)36-39-26-8-6-5-7-9-26/h5-19H,20H2,1-4H3,(H2,34,35,36,37). The lowest BCUT2D eigenvalue weighted by molar-refractivity contribution is 0.0562. The van der Waals surface area contributed by atoms with Gasteiger partial charge in [-0.05, 0) is 81.1 Å². The fourth-order valence-electron chi connectivity index (χ4n) is 3.65. The molecular formula is C31H31ClN4O2S. The van der Waals surface area contributed by atoms with E-state index in [2.05, 4.69) is 52.3 Å². The maximum atomic E-state index is 12.5. The van der Waals surface area contributed by atoms with Gasteiger partial charge >= 0.3 is 6.09 Å². The predicted molar refractivity (Wildman–Crippen MR) is 161 cm³/mol. The number of ether oxygens (including phenoxy) is 1. The number of carbonyl (C=O) groups excluding carboxylic acids is 1. The van der Waals surface area contributed by atoms with Crippen molar-refractivity contribution in [2.45, 2.75) is 44.7 Å². The third kappa shape index (κ3) is 8.60. The molecule has 0 saturated carbocycles. The molecule has 0 aliphatic heterocycles. The Labute approximate surface area is 239 Å². The number of nitrogens with one attached hydrogen (secondary N) is 2. The number of halogens is 1. The van der Waals surface area contributed by atoms with Crippen LogP contribution >= 0.6 is 23.5 Å². The monoisotopic (exact) mass is 558 g/mol. The van der Waals surface area contributed by atoms with Crippen LogP contribution in [0.2, 0.25) is 5.02 Å². The summed E-state index contributed by atoms with van der Waals surface area (Å²) < 4.78 is 8.57. The maximum Gasteiger partial charge on any atom is 0.414 e. The highest BCUT2D eigenvalue weighted by molar-refractivity contribution is 7.98. The van der Waals surface area contributed by atoms with Gasteiger partial charge in [0.2, 0.25) is 5.96 Å². The number of alkyl carbamates (subject to hydrolysis) is 1. The zero-order valence-electron chi connectivity index (χ0n) is 22.4. The molecule has 4 rings (SSSR count). The van der Waals surface area contributed by atoms with Gasteiger partial charge < -0.3 is 4.74 Å². The first kappa shape index (κ1) is 28.2. The van der Waals surface area contributed by atoms with Crippen molar-refractivity contribution in [2.24, 2.45) is 4.99 Å². The lowest BCUT2D eigenvalue weighted by Crippen LogP contribution is -2.41. The van der Waals surface area contributed by atoms with E-state index < -0.39 is 11.7 Å². The molecule has 1 aromatic heterocycles. The van der Waals surface area contributed by atoms with Crippen molar-refractivity contribution in [1.29, 1.82) is 0 Å². The van der Waals surface area contributed by atoms with Crippen LogP contribution in [0.3, 0.4) is 0 Å². The van der Waals surface area contributed by atoms with E-state index in [0.717, 1.165) is 32.8 Å². The quantitative estimate of drug-likeness (QED) is 0.142. The molecule has 0 aliphatic rings. The van der Waals surface area contributed by atoms with Gasteiger partial charge in [0, 0.05) is 27.2 Å². The van der Waals surface area contributed by atoms with E-state index >= 15 is 0 Å². The molecule has 6 nitrogen and oxygen atoms in total. The summed E-state index contributed by atoms with van der Waals surface area (Å²) in [5, 5.41) is 3.41. The number of aliphatic imine (C=N–C) groups is 1. The molecule has 0 saturated heterocycles. The zero-order chi connectivity index (χ0) is 27.8. The summed E-state index contributed by atoms with van der Waals surface area (Å²) in [6, 6.07) is 27.9. The Morgan fingerprint density at radius 3 is 2.31 bits per heavy atom. The summed E-state index contributed by atoms with van der Waals surface area (Å²) in [5.74, 6) is 0.289. The number of benzene rings is 3.